The highest BCUT2D eigenvalue weighted by atomic mass is 16.5. The van der Waals surface area contributed by atoms with Crippen molar-refractivity contribution >= 4 is 12.0 Å². The van der Waals surface area contributed by atoms with Crippen LogP contribution in [0.4, 0.5) is 0 Å². The minimum absolute atomic E-state index is 0.0565. The number of benzene rings is 1. The number of amides is 1. The standard InChI is InChI=1S/C26H31N5O4/c1-29-14-22(13-28-29)15-31-17-23(35-19-21-5-3-9-27-12-21)16-30(18-26(31)33)10-4-6-20-7-8-24(32)25(11-20)34-2/h3-9,11-14,23,32H,10,15-19H2,1-2H3/b6-4+. The van der Waals surface area contributed by atoms with Gasteiger partial charge < -0.3 is 19.5 Å². The normalized spacial score (nSPS) is 17.1. The van der Waals surface area contributed by atoms with Crippen molar-refractivity contribution in [1.82, 2.24) is 24.6 Å². The van der Waals surface area contributed by atoms with Crippen LogP contribution in [0.5, 0.6) is 11.5 Å². The predicted molar refractivity (Wildman–Crippen MR) is 132 cm³/mol. The molecule has 184 valence electrons. The largest absolute Gasteiger partial charge is 0.504 e. The molecule has 1 aromatic carbocycles. The van der Waals surface area contributed by atoms with Crippen molar-refractivity contribution in [2.24, 2.45) is 7.05 Å². The first-order chi connectivity index (χ1) is 17.0. The molecular formula is C26H31N5O4. The number of methoxy groups -OCH3 is 1. The van der Waals surface area contributed by atoms with Gasteiger partial charge >= 0.3 is 0 Å². The Labute approximate surface area is 205 Å². The van der Waals surface area contributed by atoms with Crippen LogP contribution in [0, 0.1) is 0 Å². The Morgan fingerprint density at radius 3 is 2.83 bits per heavy atom. The monoisotopic (exact) mass is 477 g/mol. The van der Waals surface area contributed by atoms with Crippen molar-refractivity contribution in [1.29, 1.82) is 0 Å². The maximum atomic E-state index is 13.1. The Hall–Kier alpha value is -3.69. The fourth-order valence-corrected chi connectivity index (χ4v) is 4.05. The Morgan fingerprint density at radius 2 is 2.09 bits per heavy atom. The number of phenols is 1. The summed E-state index contributed by atoms with van der Waals surface area (Å²) in [5, 5.41) is 14.0. The molecule has 0 spiro atoms. The average molecular weight is 478 g/mol. The van der Waals surface area contributed by atoms with E-state index in [4.69, 9.17) is 9.47 Å². The molecule has 9 heteroatoms. The van der Waals surface area contributed by atoms with Crippen LogP contribution in [0.3, 0.4) is 0 Å². The summed E-state index contributed by atoms with van der Waals surface area (Å²) >= 11 is 0. The fraction of sp³-hybridized carbons (Fsp3) is 0.346. The first-order valence-corrected chi connectivity index (χ1v) is 11.5. The number of phenolic OH excluding ortho intramolecular Hbond substituents is 1. The van der Waals surface area contributed by atoms with E-state index in [2.05, 4.69) is 15.0 Å². The van der Waals surface area contributed by atoms with Gasteiger partial charge in [-0.3, -0.25) is 19.4 Å². The number of rotatable bonds is 9. The number of carbonyl (C=O) groups is 1. The zero-order valence-corrected chi connectivity index (χ0v) is 20.1. The van der Waals surface area contributed by atoms with E-state index in [-0.39, 0.29) is 17.8 Å². The minimum Gasteiger partial charge on any atom is -0.504 e. The van der Waals surface area contributed by atoms with Gasteiger partial charge in [-0.25, -0.2) is 0 Å². The molecular weight excluding hydrogens is 446 g/mol. The molecule has 1 aliphatic rings. The molecule has 3 heterocycles. The maximum absolute atomic E-state index is 13.1. The van der Waals surface area contributed by atoms with E-state index in [1.807, 2.05) is 48.5 Å². The van der Waals surface area contributed by atoms with E-state index < -0.39 is 0 Å². The molecule has 1 aliphatic heterocycles. The summed E-state index contributed by atoms with van der Waals surface area (Å²) in [5.41, 5.74) is 2.89. The Bertz CT molecular complexity index is 1150. The van der Waals surface area contributed by atoms with E-state index in [9.17, 15) is 9.90 Å². The molecule has 3 aromatic rings. The fourth-order valence-electron chi connectivity index (χ4n) is 4.05. The van der Waals surface area contributed by atoms with E-state index in [0.717, 1.165) is 16.7 Å². The van der Waals surface area contributed by atoms with Crippen molar-refractivity contribution in [3.63, 3.8) is 0 Å². The maximum Gasteiger partial charge on any atom is 0.237 e. The van der Waals surface area contributed by atoms with Crippen molar-refractivity contribution < 1.29 is 19.4 Å². The van der Waals surface area contributed by atoms with Gasteiger partial charge in [-0.2, -0.15) is 5.10 Å². The number of aromatic nitrogens is 3. The zero-order chi connectivity index (χ0) is 24.6. The number of ether oxygens (including phenoxy) is 2. The van der Waals surface area contributed by atoms with E-state index >= 15 is 0 Å². The van der Waals surface area contributed by atoms with Crippen molar-refractivity contribution in [3.8, 4) is 11.5 Å². The molecule has 2 aromatic heterocycles. The lowest BCUT2D eigenvalue weighted by molar-refractivity contribution is -0.132. The lowest BCUT2D eigenvalue weighted by Crippen LogP contribution is -2.37. The molecule has 4 rings (SSSR count). The minimum atomic E-state index is -0.152. The Kier molecular flexibility index (Phi) is 8.12. The number of aromatic hydroxyl groups is 1. The van der Waals surface area contributed by atoms with E-state index in [1.54, 1.807) is 35.4 Å². The quantitative estimate of drug-likeness (QED) is 0.506. The third-order valence-corrected chi connectivity index (χ3v) is 5.82. The predicted octanol–water partition coefficient (Wildman–Crippen LogP) is 2.47. The van der Waals surface area contributed by atoms with Crippen molar-refractivity contribution in [2.75, 3.05) is 33.3 Å². The molecule has 1 amide bonds. The highest BCUT2D eigenvalue weighted by Gasteiger charge is 2.28. The van der Waals surface area contributed by atoms with Crippen LogP contribution in [0.1, 0.15) is 16.7 Å². The van der Waals surface area contributed by atoms with Gasteiger partial charge in [0.2, 0.25) is 5.91 Å². The molecule has 1 unspecified atom stereocenters. The molecule has 0 aliphatic carbocycles. The number of hydrogen-bond donors (Lipinski definition) is 1. The van der Waals surface area contributed by atoms with Crippen molar-refractivity contribution in [3.05, 3.63) is 77.9 Å². The molecule has 1 atom stereocenters. The summed E-state index contributed by atoms with van der Waals surface area (Å²) in [4.78, 5) is 21.2. The van der Waals surface area contributed by atoms with Gasteiger partial charge in [0.1, 0.15) is 0 Å². The molecule has 1 fully saturated rings. The summed E-state index contributed by atoms with van der Waals surface area (Å²) in [7, 11) is 3.39. The number of hydrogen-bond acceptors (Lipinski definition) is 7. The average Bonchev–Trinajstić information content (AvgIpc) is 3.21. The van der Waals surface area contributed by atoms with E-state index in [0.29, 0.717) is 45.1 Å². The summed E-state index contributed by atoms with van der Waals surface area (Å²) < 4.78 is 13.2. The van der Waals surface area contributed by atoms with Crippen LogP contribution >= 0.6 is 0 Å². The third kappa shape index (κ3) is 6.91. The molecule has 0 radical (unpaired) electrons. The lowest BCUT2D eigenvalue weighted by atomic mass is 10.2. The van der Waals surface area contributed by atoms with Gasteiger partial charge in [-0.15, -0.1) is 0 Å². The van der Waals surface area contributed by atoms with Crippen LogP contribution in [0.2, 0.25) is 0 Å². The molecule has 0 bridgehead atoms. The zero-order valence-electron chi connectivity index (χ0n) is 20.1. The summed E-state index contributed by atoms with van der Waals surface area (Å²) in [6, 6.07) is 9.06. The number of nitrogens with zero attached hydrogens (tertiary/aromatic N) is 5. The highest BCUT2D eigenvalue weighted by Crippen LogP contribution is 2.26. The van der Waals surface area contributed by atoms with E-state index in [1.165, 1.54) is 7.11 Å². The topological polar surface area (TPSA) is 93.0 Å². The molecule has 1 saturated heterocycles. The van der Waals surface area contributed by atoms with Crippen LogP contribution < -0.4 is 4.74 Å². The van der Waals surface area contributed by atoms with Crippen molar-refractivity contribution in [2.45, 2.75) is 19.3 Å². The van der Waals surface area contributed by atoms with Crippen LogP contribution in [0.25, 0.3) is 6.08 Å². The number of pyridine rings is 1. The van der Waals surface area contributed by atoms with Gasteiger partial charge in [-0.05, 0) is 29.3 Å². The summed E-state index contributed by atoms with van der Waals surface area (Å²) in [6.45, 7) is 2.95. The Balaban J connectivity index is 1.44. The van der Waals surface area contributed by atoms with Gasteiger partial charge in [-0.1, -0.05) is 24.3 Å². The second-order valence-corrected chi connectivity index (χ2v) is 8.62. The number of carbonyl (C=O) groups excluding carboxylic acids is 1. The molecule has 1 N–H and O–H groups in total. The van der Waals surface area contributed by atoms with Crippen LogP contribution in [-0.4, -0.2) is 75.0 Å². The number of aryl methyl sites for hydroxylation is 1. The lowest BCUT2D eigenvalue weighted by Gasteiger charge is -2.24. The second kappa shape index (κ2) is 11.6. The Morgan fingerprint density at radius 1 is 1.20 bits per heavy atom. The summed E-state index contributed by atoms with van der Waals surface area (Å²) in [6.07, 6.45) is 11.1. The molecule has 9 nitrogen and oxygen atoms in total. The van der Waals surface area contributed by atoms with Gasteiger partial charge in [0, 0.05) is 57.4 Å². The first kappa shape index (κ1) is 24.4. The smallest absolute Gasteiger partial charge is 0.237 e. The van der Waals surface area contributed by atoms with Gasteiger partial charge in [0.05, 0.1) is 32.6 Å². The second-order valence-electron chi connectivity index (χ2n) is 8.62. The van der Waals surface area contributed by atoms with Crippen LogP contribution in [0.15, 0.2) is 61.2 Å². The third-order valence-electron chi connectivity index (χ3n) is 5.82. The van der Waals surface area contributed by atoms with Gasteiger partial charge in [0.15, 0.2) is 11.5 Å². The summed E-state index contributed by atoms with van der Waals surface area (Å²) in [5.74, 6) is 0.582. The van der Waals surface area contributed by atoms with Crippen LogP contribution in [-0.2, 0) is 29.7 Å². The molecule has 0 saturated carbocycles. The van der Waals surface area contributed by atoms with Gasteiger partial charge in [0.25, 0.3) is 0 Å². The molecule has 35 heavy (non-hydrogen) atoms. The SMILES string of the molecule is COc1cc(/C=C/CN2CC(=O)N(Cc3cnn(C)c3)CC(OCc3cccnc3)C2)ccc1O. The highest BCUT2D eigenvalue weighted by molar-refractivity contribution is 5.78. The first-order valence-electron chi connectivity index (χ1n) is 11.5.